The molecule has 2 aromatic rings. The lowest BCUT2D eigenvalue weighted by molar-refractivity contribution is 0.317. The zero-order valence-electron chi connectivity index (χ0n) is 11.1. The number of rotatable bonds is 6. The van der Waals surface area contributed by atoms with Crippen LogP contribution in [0.4, 0.5) is 0 Å². The van der Waals surface area contributed by atoms with Crippen molar-refractivity contribution in [3.63, 3.8) is 0 Å². The van der Waals surface area contributed by atoms with Crippen LogP contribution in [0, 0.1) is 0 Å². The van der Waals surface area contributed by atoms with Crippen molar-refractivity contribution in [1.82, 2.24) is 0 Å². The van der Waals surface area contributed by atoms with Gasteiger partial charge in [-0.25, -0.2) is 0 Å². The molecule has 2 rings (SSSR count). The fraction of sp³-hybridized carbons (Fsp3) is 0.250. The summed E-state index contributed by atoms with van der Waals surface area (Å²) in [5.41, 5.74) is 7.58. The van der Waals surface area contributed by atoms with Crippen LogP contribution in [0.25, 0.3) is 11.1 Å². The van der Waals surface area contributed by atoms with Gasteiger partial charge in [-0.3, -0.25) is 5.73 Å². The van der Waals surface area contributed by atoms with E-state index in [1.165, 1.54) is 0 Å². The summed E-state index contributed by atoms with van der Waals surface area (Å²) < 4.78 is 11.0. The Bertz CT molecular complexity index is 526. The fourth-order valence-electron chi connectivity index (χ4n) is 1.85. The molecule has 100 valence electrons. The molecule has 19 heavy (non-hydrogen) atoms. The van der Waals surface area contributed by atoms with E-state index in [4.69, 9.17) is 15.2 Å². The highest BCUT2D eigenvalue weighted by Crippen LogP contribution is 2.26. The molecule has 0 atom stereocenters. The van der Waals surface area contributed by atoms with E-state index < -0.39 is 0 Å². The van der Waals surface area contributed by atoms with E-state index in [1.807, 2.05) is 42.5 Å². The predicted molar refractivity (Wildman–Crippen MR) is 77.3 cm³/mol. The van der Waals surface area contributed by atoms with Crippen molar-refractivity contribution in [3.8, 4) is 22.6 Å². The van der Waals surface area contributed by atoms with E-state index in [9.17, 15) is 0 Å². The molecule has 0 saturated heterocycles. The van der Waals surface area contributed by atoms with Gasteiger partial charge in [0.25, 0.3) is 0 Å². The van der Waals surface area contributed by atoms with Crippen LogP contribution >= 0.6 is 0 Å². The Morgan fingerprint density at radius 3 is 2.00 bits per heavy atom. The lowest BCUT2D eigenvalue weighted by Crippen LogP contribution is -2.07. The third-order valence-corrected chi connectivity index (χ3v) is 2.72. The number of nitrogens with two attached hydrogens (primary N) is 1. The standard InChI is InChI=1S/C16H19NO2/c1-2-9-18-15-7-3-5-13(10-15)14-6-4-8-16(11-14)19-12-17/h3-8,10-11H,2,9,12,17H2,1H3. The van der Waals surface area contributed by atoms with Gasteiger partial charge in [0.1, 0.15) is 18.2 Å². The van der Waals surface area contributed by atoms with E-state index in [-0.39, 0.29) is 6.73 Å². The second-order valence-electron chi connectivity index (χ2n) is 4.22. The van der Waals surface area contributed by atoms with Gasteiger partial charge in [0.15, 0.2) is 0 Å². The molecule has 0 aromatic heterocycles. The van der Waals surface area contributed by atoms with Gasteiger partial charge in [-0.15, -0.1) is 0 Å². The highest BCUT2D eigenvalue weighted by atomic mass is 16.5. The molecule has 0 aliphatic carbocycles. The van der Waals surface area contributed by atoms with Crippen LogP contribution in [0.15, 0.2) is 48.5 Å². The van der Waals surface area contributed by atoms with Crippen LogP contribution in [-0.2, 0) is 0 Å². The average molecular weight is 257 g/mol. The first kappa shape index (κ1) is 13.4. The van der Waals surface area contributed by atoms with E-state index in [0.717, 1.165) is 35.7 Å². The number of hydrogen-bond acceptors (Lipinski definition) is 3. The van der Waals surface area contributed by atoms with Crippen molar-refractivity contribution in [2.75, 3.05) is 13.3 Å². The quantitative estimate of drug-likeness (QED) is 0.806. The summed E-state index contributed by atoms with van der Waals surface area (Å²) >= 11 is 0. The summed E-state index contributed by atoms with van der Waals surface area (Å²) in [6, 6.07) is 15.9. The molecular formula is C16H19NO2. The molecule has 3 heteroatoms. The Labute approximate surface area is 114 Å². The summed E-state index contributed by atoms with van der Waals surface area (Å²) in [5.74, 6) is 1.67. The Morgan fingerprint density at radius 1 is 0.895 bits per heavy atom. The molecule has 0 radical (unpaired) electrons. The topological polar surface area (TPSA) is 44.5 Å². The van der Waals surface area contributed by atoms with E-state index in [1.54, 1.807) is 0 Å². The zero-order valence-corrected chi connectivity index (χ0v) is 11.1. The summed E-state index contributed by atoms with van der Waals surface area (Å²) in [6.07, 6.45) is 1.00. The van der Waals surface area contributed by atoms with Crippen LogP contribution in [-0.4, -0.2) is 13.3 Å². The summed E-state index contributed by atoms with van der Waals surface area (Å²) in [4.78, 5) is 0. The van der Waals surface area contributed by atoms with Crippen LogP contribution in [0.5, 0.6) is 11.5 Å². The monoisotopic (exact) mass is 257 g/mol. The van der Waals surface area contributed by atoms with E-state index in [2.05, 4.69) is 13.0 Å². The second-order valence-corrected chi connectivity index (χ2v) is 4.22. The maximum Gasteiger partial charge on any atom is 0.137 e. The average Bonchev–Trinajstić information content (AvgIpc) is 2.46. The minimum Gasteiger partial charge on any atom is -0.494 e. The lowest BCUT2D eigenvalue weighted by atomic mass is 10.1. The molecule has 0 unspecified atom stereocenters. The zero-order chi connectivity index (χ0) is 13.5. The van der Waals surface area contributed by atoms with Crippen LogP contribution in [0.3, 0.4) is 0 Å². The Kier molecular flexibility index (Phi) is 4.81. The van der Waals surface area contributed by atoms with Crippen molar-refractivity contribution in [3.05, 3.63) is 48.5 Å². The molecule has 2 aromatic carbocycles. The minimum absolute atomic E-state index is 0.184. The fourth-order valence-corrected chi connectivity index (χ4v) is 1.85. The molecule has 0 fully saturated rings. The van der Waals surface area contributed by atoms with Crippen molar-refractivity contribution >= 4 is 0 Å². The highest BCUT2D eigenvalue weighted by Gasteiger charge is 2.02. The third kappa shape index (κ3) is 3.73. The Hall–Kier alpha value is -2.00. The summed E-state index contributed by atoms with van der Waals surface area (Å²) in [6.45, 7) is 3.01. The van der Waals surface area contributed by atoms with Crippen molar-refractivity contribution < 1.29 is 9.47 Å². The molecule has 0 bridgehead atoms. The third-order valence-electron chi connectivity index (χ3n) is 2.72. The molecule has 0 heterocycles. The molecule has 0 aliphatic heterocycles. The molecular weight excluding hydrogens is 238 g/mol. The van der Waals surface area contributed by atoms with Gasteiger partial charge >= 0.3 is 0 Å². The van der Waals surface area contributed by atoms with Gasteiger partial charge in [-0.2, -0.15) is 0 Å². The second kappa shape index (κ2) is 6.81. The minimum atomic E-state index is 0.184. The smallest absolute Gasteiger partial charge is 0.137 e. The van der Waals surface area contributed by atoms with Gasteiger partial charge in [-0.05, 0) is 41.8 Å². The number of ether oxygens (including phenoxy) is 2. The van der Waals surface area contributed by atoms with Gasteiger partial charge in [-0.1, -0.05) is 31.2 Å². The van der Waals surface area contributed by atoms with Gasteiger partial charge in [0.05, 0.1) is 6.61 Å². The SMILES string of the molecule is CCCOc1cccc(-c2cccc(OCN)c2)c1. The summed E-state index contributed by atoms with van der Waals surface area (Å²) in [7, 11) is 0. The van der Waals surface area contributed by atoms with Gasteiger partial charge < -0.3 is 9.47 Å². The maximum absolute atomic E-state index is 5.64. The summed E-state index contributed by atoms with van der Waals surface area (Å²) in [5, 5.41) is 0. The molecule has 3 nitrogen and oxygen atoms in total. The first-order chi connectivity index (χ1) is 9.33. The normalized spacial score (nSPS) is 10.2. The van der Waals surface area contributed by atoms with Crippen LogP contribution in [0.1, 0.15) is 13.3 Å². The van der Waals surface area contributed by atoms with E-state index in [0.29, 0.717) is 0 Å². The first-order valence-corrected chi connectivity index (χ1v) is 6.49. The van der Waals surface area contributed by atoms with Gasteiger partial charge in [0, 0.05) is 0 Å². The molecule has 0 saturated carbocycles. The van der Waals surface area contributed by atoms with Gasteiger partial charge in [0.2, 0.25) is 0 Å². The largest absolute Gasteiger partial charge is 0.494 e. The van der Waals surface area contributed by atoms with E-state index >= 15 is 0 Å². The van der Waals surface area contributed by atoms with Crippen molar-refractivity contribution in [1.29, 1.82) is 0 Å². The molecule has 0 amide bonds. The predicted octanol–water partition coefficient (Wildman–Crippen LogP) is 3.44. The first-order valence-electron chi connectivity index (χ1n) is 6.49. The van der Waals surface area contributed by atoms with Crippen LogP contribution in [0.2, 0.25) is 0 Å². The Morgan fingerprint density at radius 2 is 1.47 bits per heavy atom. The molecule has 0 spiro atoms. The number of benzene rings is 2. The molecule has 0 aliphatic rings. The Balaban J connectivity index is 2.23. The van der Waals surface area contributed by atoms with Crippen molar-refractivity contribution in [2.45, 2.75) is 13.3 Å². The lowest BCUT2D eigenvalue weighted by Gasteiger charge is -2.09. The molecule has 2 N–H and O–H groups in total. The van der Waals surface area contributed by atoms with Crippen molar-refractivity contribution in [2.24, 2.45) is 5.73 Å². The maximum atomic E-state index is 5.64. The number of hydrogen-bond donors (Lipinski definition) is 1. The van der Waals surface area contributed by atoms with Crippen LogP contribution < -0.4 is 15.2 Å². The highest BCUT2D eigenvalue weighted by molar-refractivity contribution is 5.66.